The number of carbonyl (C=O) groups excluding carboxylic acids is 2. The number of rotatable bonds is 6. The Bertz CT molecular complexity index is 755. The summed E-state index contributed by atoms with van der Waals surface area (Å²) in [6, 6.07) is 0. The molecule has 1 heterocycles. The van der Waals surface area contributed by atoms with Crippen LogP contribution in [0.5, 0.6) is 0 Å². The van der Waals surface area contributed by atoms with Crippen LogP contribution in [0.4, 0.5) is 0 Å². The highest BCUT2D eigenvalue weighted by Crippen LogP contribution is 2.51. The van der Waals surface area contributed by atoms with Crippen LogP contribution in [0.25, 0.3) is 0 Å². The Kier molecular flexibility index (Phi) is 9.08. The molecule has 6 heteroatoms. The van der Waals surface area contributed by atoms with Crippen LogP contribution in [0.3, 0.4) is 0 Å². The van der Waals surface area contributed by atoms with E-state index in [0.29, 0.717) is 55.1 Å². The maximum Gasteiger partial charge on any atom is 0.315 e. The molecule has 0 aromatic carbocycles. The van der Waals surface area contributed by atoms with E-state index in [2.05, 4.69) is 41.5 Å². The SMILES string of the molecule is CC(C)C1CC[C@@H](C)CC1OC(=O)[C@@H]1CC2(OCCCCO2)[C@H]1C(=O)OC1C[C@H](C)CCC1C(C)C. The van der Waals surface area contributed by atoms with Crippen LogP contribution in [-0.4, -0.2) is 43.1 Å². The summed E-state index contributed by atoms with van der Waals surface area (Å²) in [5.41, 5.74) is 0. The summed E-state index contributed by atoms with van der Waals surface area (Å²) < 4.78 is 24.8. The smallest absolute Gasteiger partial charge is 0.315 e. The third-order valence-corrected chi connectivity index (χ3v) is 9.63. The number of carbonyl (C=O) groups is 2. The van der Waals surface area contributed by atoms with Gasteiger partial charge in [0, 0.05) is 6.42 Å². The average Bonchev–Trinajstić information content (AvgIpc) is 3.04. The van der Waals surface area contributed by atoms with Crippen molar-refractivity contribution in [3.8, 4) is 0 Å². The standard InChI is InChI=1S/C30H50O6/c1-18(2)22-11-9-20(5)15-25(22)35-28(31)24-17-30(33-13-7-8-14-34-30)27(24)29(32)36-26-16-21(6)10-12-23(26)19(3)4/h18-27H,7-17H2,1-6H3/t20-,21-,22?,23?,24-,25?,26?,27-/m1/s1. The molecular formula is C30H50O6. The summed E-state index contributed by atoms with van der Waals surface area (Å²) in [5.74, 6) is -0.316. The Labute approximate surface area is 218 Å². The second kappa shape index (κ2) is 11.7. The van der Waals surface area contributed by atoms with E-state index in [9.17, 15) is 9.59 Å². The Balaban J connectivity index is 1.51. The molecule has 1 aliphatic heterocycles. The predicted octanol–water partition coefficient (Wildman–Crippen LogP) is 6.15. The van der Waals surface area contributed by atoms with Crippen LogP contribution in [-0.2, 0) is 28.5 Å². The molecule has 4 unspecified atom stereocenters. The fraction of sp³-hybridized carbons (Fsp3) is 0.933. The van der Waals surface area contributed by atoms with Crippen molar-refractivity contribution in [3.05, 3.63) is 0 Å². The van der Waals surface area contributed by atoms with Crippen molar-refractivity contribution in [2.24, 2.45) is 47.3 Å². The molecule has 0 aromatic heterocycles. The van der Waals surface area contributed by atoms with Crippen LogP contribution >= 0.6 is 0 Å². The van der Waals surface area contributed by atoms with Crippen LogP contribution in [0.2, 0.25) is 0 Å². The van der Waals surface area contributed by atoms with Gasteiger partial charge in [-0.2, -0.15) is 0 Å². The van der Waals surface area contributed by atoms with Gasteiger partial charge in [-0.05, 0) is 74.0 Å². The number of ether oxygens (including phenoxy) is 4. The highest BCUT2D eigenvalue weighted by molar-refractivity contribution is 5.85. The molecule has 4 rings (SSSR count). The van der Waals surface area contributed by atoms with Crippen molar-refractivity contribution in [2.45, 2.75) is 117 Å². The maximum absolute atomic E-state index is 13.8. The van der Waals surface area contributed by atoms with E-state index in [1.54, 1.807) is 0 Å². The molecule has 8 atom stereocenters. The molecule has 206 valence electrons. The molecule has 6 nitrogen and oxygen atoms in total. The zero-order valence-electron chi connectivity index (χ0n) is 23.5. The second-order valence-corrected chi connectivity index (χ2v) is 13.1. The molecule has 0 aromatic rings. The lowest BCUT2D eigenvalue weighted by Gasteiger charge is -2.51. The van der Waals surface area contributed by atoms with E-state index in [0.717, 1.165) is 38.5 Å². The van der Waals surface area contributed by atoms with Gasteiger partial charge < -0.3 is 18.9 Å². The highest BCUT2D eigenvalue weighted by Gasteiger charge is 2.65. The third-order valence-electron chi connectivity index (χ3n) is 9.63. The van der Waals surface area contributed by atoms with Crippen molar-refractivity contribution in [3.63, 3.8) is 0 Å². The normalized spacial score (nSPS) is 38.9. The fourth-order valence-electron chi connectivity index (χ4n) is 7.25. The molecule has 3 aliphatic carbocycles. The summed E-state index contributed by atoms with van der Waals surface area (Å²) in [7, 11) is 0. The molecule has 1 saturated heterocycles. The van der Waals surface area contributed by atoms with Gasteiger partial charge in [-0.15, -0.1) is 0 Å². The Hall–Kier alpha value is -1.14. The molecule has 0 amide bonds. The van der Waals surface area contributed by atoms with Crippen molar-refractivity contribution >= 4 is 11.9 Å². The van der Waals surface area contributed by atoms with Gasteiger partial charge in [-0.3, -0.25) is 9.59 Å². The summed E-state index contributed by atoms with van der Waals surface area (Å²) >= 11 is 0. The first-order valence-electron chi connectivity index (χ1n) is 14.8. The first kappa shape index (κ1) is 27.9. The number of hydrogen-bond donors (Lipinski definition) is 0. The van der Waals surface area contributed by atoms with Gasteiger partial charge in [0.05, 0.1) is 19.1 Å². The van der Waals surface area contributed by atoms with Gasteiger partial charge in [0.25, 0.3) is 0 Å². The Morgan fingerprint density at radius 1 is 0.750 bits per heavy atom. The lowest BCUT2D eigenvalue weighted by molar-refractivity contribution is -0.319. The zero-order chi connectivity index (χ0) is 26.0. The van der Waals surface area contributed by atoms with E-state index in [1.165, 1.54) is 12.8 Å². The van der Waals surface area contributed by atoms with Crippen molar-refractivity contribution < 1.29 is 28.5 Å². The van der Waals surface area contributed by atoms with Gasteiger partial charge in [0.2, 0.25) is 0 Å². The highest BCUT2D eigenvalue weighted by atomic mass is 16.7. The molecule has 4 fully saturated rings. The van der Waals surface area contributed by atoms with Crippen molar-refractivity contribution in [2.75, 3.05) is 13.2 Å². The lowest BCUT2D eigenvalue weighted by Crippen LogP contribution is -2.64. The quantitative estimate of drug-likeness (QED) is 0.402. The summed E-state index contributed by atoms with van der Waals surface area (Å²) in [6.45, 7) is 14.4. The van der Waals surface area contributed by atoms with Crippen LogP contribution < -0.4 is 0 Å². The van der Waals surface area contributed by atoms with Gasteiger partial charge in [-0.25, -0.2) is 0 Å². The minimum absolute atomic E-state index is 0.0880. The Morgan fingerprint density at radius 2 is 1.22 bits per heavy atom. The lowest BCUT2D eigenvalue weighted by atomic mass is 9.67. The van der Waals surface area contributed by atoms with Gasteiger partial charge in [-0.1, -0.05) is 54.4 Å². The molecule has 0 N–H and O–H groups in total. The number of hydrogen-bond acceptors (Lipinski definition) is 6. The monoisotopic (exact) mass is 506 g/mol. The summed E-state index contributed by atoms with van der Waals surface area (Å²) in [4.78, 5) is 27.4. The first-order chi connectivity index (χ1) is 17.1. The van der Waals surface area contributed by atoms with Crippen LogP contribution in [0, 0.1) is 47.3 Å². The third kappa shape index (κ3) is 5.95. The minimum Gasteiger partial charge on any atom is -0.462 e. The molecule has 4 aliphatic rings. The largest absolute Gasteiger partial charge is 0.462 e. The zero-order valence-corrected chi connectivity index (χ0v) is 23.5. The molecule has 1 spiro atoms. The van der Waals surface area contributed by atoms with Crippen LogP contribution in [0.1, 0.15) is 99.3 Å². The molecular weight excluding hydrogens is 456 g/mol. The van der Waals surface area contributed by atoms with E-state index in [4.69, 9.17) is 18.9 Å². The van der Waals surface area contributed by atoms with Crippen molar-refractivity contribution in [1.29, 1.82) is 0 Å². The topological polar surface area (TPSA) is 71.1 Å². The summed E-state index contributed by atoms with van der Waals surface area (Å²) in [5, 5.41) is 0. The van der Waals surface area contributed by atoms with Crippen LogP contribution in [0.15, 0.2) is 0 Å². The molecule has 0 bridgehead atoms. The van der Waals surface area contributed by atoms with E-state index in [1.807, 2.05) is 0 Å². The average molecular weight is 507 g/mol. The van der Waals surface area contributed by atoms with E-state index >= 15 is 0 Å². The first-order valence-corrected chi connectivity index (χ1v) is 14.8. The van der Waals surface area contributed by atoms with Gasteiger partial charge >= 0.3 is 11.9 Å². The second-order valence-electron chi connectivity index (χ2n) is 13.1. The maximum atomic E-state index is 13.8. The predicted molar refractivity (Wildman–Crippen MR) is 138 cm³/mol. The Morgan fingerprint density at radius 3 is 1.69 bits per heavy atom. The number of esters is 2. The van der Waals surface area contributed by atoms with Gasteiger partial charge in [0.15, 0.2) is 5.79 Å². The molecule has 36 heavy (non-hydrogen) atoms. The van der Waals surface area contributed by atoms with E-state index < -0.39 is 17.6 Å². The minimum atomic E-state index is -1.05. The van der Waals surface area contributed by atoms with Crippen molar-refractivity contribution in [1.82, 2.24) is 0 Å². The van der Waals surface area contributed by atoms with E-state index in [-0.39, 0.29) is 24.1 Å². The van der Waals surface area contributed by atoms with Gasteiger partial charge in [0.1, 0.15) is 18.1 Å². The molecule has 0 radical (unpaired) electrons. The fourth-order valence-corrected chi connectivity index (χ4v) is 7.25. The molecule has 3 saturated carbocycles. The summed E-state index contributed by atoms with van der Waals surface area (Å²) in [6.07, 6.45) is 8.22.